The molecule has 1 aromatic rings. The van der Waals surface area contributed by atoms with Crippen LogP contribution in [-0.2, 0) is 0 Å². The summed E-state index contributed by atoms with van der Waals surface area (Å²) in [6.45, 7) is 0. The summed E-state index contributed by atoms with van der Waals surface area (Å²) in [6.07, 6.45) is 2.95. The van der Waals surface area contributed by atoms with Gasteiger partial charge in [-0.3, -0.25) is 9.97 Å². The van der Waals surface area contributed by atoms with Crippen LogP contribution >= 0.6 is 0 Å². The van der Waals surface area contributed by atoms with E-state index in [0.717, 1.165) is 0 Å². The molecule has 0 fully saturated rings. The zero-order chi connectivity index (χ0) is 5.11. The van der Waals surface area contributed by atoms with E-state index in [4.69, 9.17) is 5.73 Å². The summed E-state index contributed by atoms with van der Waals surface area (Å²) in [7, 11) is 0. The van der Waals surface area contributed by atoms with Gasteiger partial charge in [0.25, 0.3) is 0 Å². The van der Waals surface area contributed by atoms with Crippen LogP contribution < -0.4 is 24.6 Å². The molecule has 0 amide bonds. The Morgan fingerprint density at radius 1 is 1.38 bits per heavy atom. The summed E-state index contributed by atoms with van der Waals surface area (Å²) >= 11 is 0. The van der Waals surface area contributed by atoms with Crippen LogP contribution in [0, 0.1) is 6.07 Å². The Balaban J connectivity index is 0.000000490. The fourth-order valence-electron chi connectivity index (χ4n) is 0.273. The summed E-state index contributed by atoms with van der Waals surface area (Å²) in [5.74, 6) is 0.291. The molecule has 0 aliphatic carbocycles. The first-order chi connectivity index (χ1) is 3.39. The van der Waals surface area contributed by atoms with Gasteiger partial charge in [-0.15, -0.1) is 12.4 Å². The van der Waals surface area contributed by atoms with Crippen LogP contribution in [0.2, 0.25) is 0 Å². The van der Waals surface area contributed by atoms with E-state index in [2.05, 4.69) is 16.0 Å². The maximum atomic E-state index is 5.12. The van der Waals surface area contributed by atoms with Crippen molar-refractivity contribution in [2.24, 2.45) is 0 Å². The number of nitrogens with zero attached hydrogens (tertiary/aromatic N) is 2. The molecule has 0 saturated carbocycles. The van der Waals surface area contributed by atoms with E-state index < -0.39 is 0 Å². The third kappa shape index (κ3) is 1.96. The molecule has 3 nitrogen and oxygen atoms in total. The van der Waals surface area contributed by atoms with Crippen molar-refractivity contribution in [2.75, 3.05) is 5.73 Å². The molecule has 36 valence electrons. The van der Waals surface area contributed by atoms with Gasteiger partial charge >= 0.3 is 18.9 Å². The van der Waals surface area contributed by atoms with Crippen LogP contribution in [0.4, 0.5) is 5.95 Å². The Hall–Kier alpha value is -0.523. The van der Waals surface area contributed by atoms with E-state index >= 15 is 0 Å². The minimum atomic E-state index is 0. The van der Waals surface area contributed by atoms with Crippen LogP contribution in [0.5, 0.6) is 0 Å². The molecule has 0 atom stereocenters. The molecule has 0 aliphatic rings. The zero-order valence-electron chi connectivity index (χ0n) is 4.63. The normalized spacial score (nSPS) is 7.50. The third-order valence-electron chi connectivity index (χ3n) is 0.543. The molecule has 2 N–H and O–H groups in total. The van der Waals surface area contributed by atoms with Crippen LogP contribution in [0.1, 0.15) is 0 Å². The molecule has 0 radical (unpaired) electrons. The molecule has 1 rings (SSSR count). The van der Waals surface area contributed by atoms with E-state index in [0.29, 0.717) is 5.95 Å². The molecule has 0 spiro atoms. The van der Waals surface area contributed by atoms with E-state index in [-0.39, 0.29) is 18.9 Å². The van der Waals surface area contributed by atoms with Crippen molar-refractivity contribution in [1.82, 2.24) is 9.97 Å². The van der Waals surface area contributed by atoms with E-state index in [1.165, 1.54) is 12.4 Å². The first kappa shape index (κ1) is 7.48. The Bertz CT molecular complexity index is 141. The molecular weight excluding hydrogens is 97.0 g/mol. The molecule has 4 heteroatoms. The molecule has 1 aromatic heterocycles. The number of anilines is 1. The number of rotatable bonds is 0. The van der Waals surface area contributed by atoms with Crippen LogP contribution in [-0.4, -0.2) is 9.97 Å². The molecule has 0 bridgehead atoms. The predicted octanol–water partition coefficient (Wildman–Crippen LogP) is -3.14. The largest absolute Gasteiger partial charge is 1.00 e. The average Bonchev–Trinajstić information content (AvgIpc) is 1.69. The topological polar surface area (TPSA) is 51.8 Å². The molecule has 0 unspecified atom stereocenters. The molecule has 0 aromatic carbocycles. The Labute approximate surface area is 59.5 Å². The summed E-state index contributed by atoms with van der Waals surface area (Å²) < 4.78 is 0. The van der Waals surface area contributed by atoms with Gasteiger partial charge < -0.3 is 11.8 Å². The zero-order valence-corrected chi connectivity index (χ0v) is 4.63. The van der Waals surface area contributed by atoms with Crippen LogP contribution in [0.15, 0.2) is 12.4 Å². The Kier molecular flexibility index (Phi) is 3.25. The van der Waals surface area contributed by atoms with Gasteiger partial charge in [-0.05, 0) is 0 Å². The third-order valence-corrected chi connectivity index (χ3v) is 0.543. The van der Waals surface area contributed by atoms with E-state index in [1.54, 1.807) is 0 Å². The van der Waals surface area contributed by atoms with Crippen molar-refractivity contribution in [3.05, 3.63) is 18.5 Å². The van der Waals surface area contributed by atoms with Gasteiger partial charge in [0.1, 0.15) is 0 Å². The number of nitrogen functional groups attached to an aromatic ring is 1. The van der Waals surface area contributed by atoms with Crippen molar-refractivity contribution in [3.63, 3.8) is 0 Å². The molecule has 0 saturated heterocycles. The maximum Gasteiger partial charge on any atom is 1.00 e. The first-order valence-corrected chi connectivity index (χ1v) is 1.83. The fraction of sp³-hybridized carbons (Fsp3) is 0. The van der Waals surface area contributed by atoms with Crippen molar-refractivity contribution >= 4 is 5.95 Å². The van der Waals surface area contributed by atoms with Gasteiger partial charge in [-0.25, -0.2) is 0 Å². The van der Waals surface area contributed by atoms with Crippen molar-refractivity contribution in [1.29, 1.82) is 0 Å². The quantitative estimate of drug-likeness (QED) is 0.277. The van der Waals surface area contributed by atoms with Gasteiger partial charge in [0.15, 0.2) is 0 Å². The fourth-order valence-corrected chi connectivity index (χ4v) is 0.273. The molecule has 1 heterocycles. The number of hydrogen-bond acceptors (Lipinski definition) is 3. The number of nitrogens with two attached hydrogens (primary N) is 1. The second kappa shape index (κ2) is 3.48. The number of hydrogen-bond donors (Lipinski definition) is 1. The van der Waals surface area contributed by atoms with Crippen molar-refractivity contribution < 1.29 is 18.9 Å². The standard InChI is InChI=1S/C4H4N3.Li/c5-4-6-2-1-3-7-4;/h2-3H,(H2,5,6,7);/q-1;+1. The minimum absolute atomic E-state index is 0. The molecular formula is C4H4LiN3. The van der Waals surface area contributed by atoms with E-state index in [1.807, 2.05) is 0 Å². The van der Waals surface area contributed by atoms with Crippen LogP contribution in [0.25, 0.3) is 0 Å². The Morgan fingerprint density at radius 2 is 1.88 bits per heavy atom. The smallest absolute Gasteiger partial charge is 0.434 e. The van der Waals surface area contributed by atoms with Gasteiger partial charge in [-0.2, -0.15) is 0 Å². The van der Waals surface area contributed by atoms with Gasteiger partial charge in [-0.1, -0.05) is 0 Å². The second-order valence-electron chi connectivity index (χ2n) is 1.04. The summed E-state index contributed by atoms with van der Waals surface area (Å²) in [5, 5.41) is 0. The van der Waals surface area contributed by atoms with Crippen molar-refractivity contribution in [3.8, 4) is 0 Å². The summed E-state index contributed by atoms with van der Waals surface area (Å²) in [4.78, 5) is 7.18. The van der Waals surface area contributed by atoms with Gasteiger partial charge in [0.2, 0.25) is 5.95 Å². The maximum absolute atomic E-state index is 5.12. The molecule has 8 heavy (non-hydrogen) atoms. The van der Waals surface area contributed by atoms with Crippen molar-refractivity contribution in [2.45, 2.75) is 0 Å². The SMILES string of the molecule is Nc1nc[c-]cn1.[Li+]. The van der Waals surface area contributed by atoms with Gasteiger partial charge in [0, 0.05) is 0 Å². The summed E-state index contributed by atoms with van der Waals surface area (Å²) in [5.41, 5.74) is 5.12. The van der Waals surface area contributed by atoms with Gasteiger partial charge in [0.05, 0.1) is 0 Å². The summed E-state index contributed by atoms with van der Waals surface area (Å²) in [6, 6.07) is 2.63. The Morgan fingerprint density at radius 3 is 2.12 bits per heavy atom. The average molecular weight is 101 g/mol. The number of aromatic nitrogens is 2. The van der Waals surface area contributed by atoms with Crippen LogP contribution in [0.3, 0.4) is 0 Å². The monoisotopic (exact) mass is 101 g/mol. The first-order valence-electron chi connectivity index (χ1n) is 1.83. The minimum Gasteiger partial charge on any atom is -0.434 e. The predicted molar refractivity (Wildman–Crippen MR) is 25.3 cm³/mol. The molecule has 0 aliphatic heterocycles. The van der Waals surface area contributed by atoms with E-state index in [9.17, 15) is 0 Å². The second-order valence-corrected chi connectivity index (χ2v) is 1.04.